The first-order valence-electron chi connectivity index (χ1n) is 6.57. The third-order valence-electron chi connectivity index (χ3n) is 4.51. The highest BCUT2D eigenvalue weighted by Crippen LogP contribution is 2.45. The molecule has 0 bridgehead atoms. The van der Waals surface area contributed by atoms with Crippen molar-refractivity contribution < 1.29 is 14.2 Å². The fraction of sp³-hybridized carbons (Fsp3) is 0.600. The second kappa shape index (κ2) is 4.47. The van der Waals surface area contributed by atoms with Crippen molar-refractivity contribution in [2.75, 3.05) is 27.4 Å². The summed E-state index contributed by atoms with van der Waals surface area (Å²) < 4.78 is 16.4. The van der Waals surface area contributed by atoms with E-state index >= 15 is 0 Å². The molecule has 3 heteroatoms. The third kappa shape index (κ3) is 1.69. The van der Waals surface area contributed by atoms with Crippen molar-refractivity contribution in [2.45, 2.75) is 19.3 Å². The van der Waals surface area contributed by atoms with Crippen LogP contribution in [0.15, 0.2) is 12.1 Å². The van der Waals surface area contributed by atoms with Gasteiger partial charge in [0.25, 0.3) is 0 Å². The summed E-state index contributed by atoms with van der Waals surface area (Å²) in [7, 11) is 3.39. The van der Waals surface area contributed by atoms with E-state index in [4.69, 9.17) is 14.2 Å². The molecule has 0 aromatic heterocycles. The molecule has 0 spiro atoms. The molecule has 1 aliphatic carbocycles. The van der Waals surface area contributed by atoms with Gasteiger partial charge in [-0.15, -0.1) is 0 Å². The number of fused-ring (bicyclic) bond motifs is 2. The van der Waals surface area contributed by atoms with Gasteiger partial charge in [-0.25, -0.2) is 0 Å². The van der Waals surface area contributed by atoms with Crippen molar-refractivity contribution in [3.63, 3.8) is 0 Å². The highest BCUT2D eigenvalue weighted by molar-refractivity contribution is 5.50. The predicted octanol–water partition coefficient (Wildman–Crippen LogP) is 2.63. The smallest absolute Gasteiger partial charge is 0.161 e. The van der Waals surface area contributed by atoms with Gasteiger partial charge >= 0.3 is 0 Å². The van der Waals surface area contributed by atoms with Crippen molar-refractivity contribution in [3.8, 4) is 11.5 Å². The SMILES string of the molecule is COc1cc2c(cc1OC)[C@@H](C)[C@H]1COC[C@H]1C2. The Bertz CT molecular complexity index is 455. The second-order valence-corrected chi connectivity index (χ2v) is 5.36. The highest BCUT2D eigenvalue weighted by atomic mass is 16.5. The molecule has 1 fully saturated rings. The molecule has 98 valence electrons. The van der Waals surface area contributed by atoms with E-state index in [-0.39, 0.29) is 0 Å². The Labute approximate surface area is 108 Å². The summed E-state index contributed by atoms with van der Waals surface area (Å²) in [5.41, 5.74) is 2.80. The summed E-state index contributed by atoms with van der Waals surface area (Å²) in [5, 5.41) is 0. The van der Waals surface area contributed by atoms with Gasteiger partial charge in [0.2, 0.25) is 0 Å². The summed E-state index contributed by atoms with van der Waals surface area (Å²) in [5.74, 6) is 3.54. The molecular weight excluding hydrogens is 228 g/mol. The van der Waals surface area contributed by atoms with E-state index in [2.05, 4.69) is 19.1 Å². The molecule has 3 rings (SSSR count). The monoisotopic (exact) mass is 248 g/mol. The van der Waals surface area contributed by atoms with Crippen LogP contribution in [0.25, 0.3) is 0 Å². The molecule has 1 aromatic rings. The van der Waals surface area contributed by atoms with E-state index in [0.29, 0.717) is 17.8 Å². The number of ether oxygens (including phenoxy) is 3. The Morgan fingerprint density at radius 2 is 1.83 bits per heavy atom. The quantitative estimate of drug-likeness (QED) is 0.805. The lowest BCUT2D eigenvalue weighted by Gasteiger charge is -2.33. The van der Waals surface area contributed by atoms with Crippen LogP contribution in [0.1, 0.15) is 24.0 Å². The number of rotatable bonds is 2. The van der Waals surface area contributed by atoms with Crippen LogP contribution in [0.3, 0.4) is 0 Å². The van der Waals surface area contributed by atoms with Gasteiger partial charge in [-0.05, 0) is 47.4 Å². The van der Waals surface area contributed by atoms with Gasteiger partial charge in [0.1, 0.15) is 0 Å². The number of hydrogen-bond acceptors (Lipinski definition) is 3. The van der Waals surface area contributed by atoms with Crippen molar-refractivity contribution in [3.05, 3.63) is 23.3 Å². The Balaban J connectivity index is 2.05. The van der Waals surface area contributed by atoms with Crippen LogP contribution in [-0.4, -0.2) is 27.4 Å². The molecule has 0 amide bonds. The minimum atomic E-state index is 0.543. The molecule has 0 unspecified atom stereocenters. The van der Waals surface area contributed by atoms with Gasteiger partial charge in [0, 0.05) is 0 Å². The molecule has 2 aliphatic rings. The molecule has 1 aliphatic heterocycles. The van der Waals surface area contributed by atoms with Gasteiger partial charge in [-0.1, -0.05) is 6.92 Å². The first kappa shape index (κ1) is 11.8. The standard InChI is InChI=1S/C15H20O3/c1-9-12-6-15(17-3)14(16-2)5-10(12)4-11-7-18-8-13(9)11/h5-6,9,11,13H,4,7-8H2,1-3H3/t9-,11-,13-/m1/s1. The van der Waals surface area contributed by atoms with Crippen LogP contribution in [0, 0.1) is 11.8 Å². The normalized spacial score (nSPS) is 29.6. The molecular formula is C15H20O3. The summed E-state index contributed by atoms with van der Waals surface area (Å²) in [6, 6.07) is 4.28. The predicted molar refractivity (Wildman–Crippen MR) is 69.5 cm³/mol. The number of benzene rings is 1. The molecule has 1 saturated heterocycles. The van der Waals surface area contributed by atoms with Gasteiger partial charge in [-0.3, -0.25) is 0 Å². The third-order valence-corrected chi connectivity index (χ3v) is 4.51. The van der Waals surface area contributed by atoms with E-state index in [1.165, 1.54) is 11.1 Å². The highest BCUT2D eigenvalue weighted by Gasteiger charge is 2.38. The molecule has 1 heterocycles. The van der Waals surface area contributed by atoms with Gasteiger partial charge < -0.3 is 14.2 Å². The van der Waals surface area contributed by atoms with Gasteiger partial charge in [0.05, 0.1) is 27.4 Å². The molecule has 0 N–H and O–H groups in total. The van der Waals surface area contributed by atoms with Crippen LogP contribution in [-0.2, 0) is 11.2 Å². The summed E-state index contributed by atoms with van der Waals surface area (Å²) in [6.45, 7) is 4.11. The van der Waals surface area contributed by atoms with E-state index in [9.17, 15) is 0 Å². The zero-order valence-electron chi connectivity index (χ0n) is 11.2. The lowest BCUT2D eigenvalue weighted by molar-refractivity contribution is 0.179. The molecule has 18 heavy (non-hydrogen) atoms. The topological polar surface area (TPSA) is 27.7 Å². The summed E-state index contributed by atoms with van der Waals surface area (Å²) in [6.07, 6.45) is 1.10. The van der Waals surface area contributed by atoms with Crippen LogP contribution in [0.4, 0.5) is 0 Å². The zero-order chi connectivity index (χ0) is 12.7. The summed E-state index contributed by atoms with van der Waals surface area (Å²) >= 11 is 0. The van der Waals surface area contributed by atoms with Gasteiger partial charge in [-0.2, -0.15) is 0 Å². The molecule has 0 saturated carbocycles. The first-order valence-corrected chi connectivity index (χ1v) is 6.57. The maximum absolute atomic E-state index is 5.64. The van der Waals surface area contributed by atoms with Crippen molar-refractivity contribution in [1.29, 1.82) is 0 Å². The Morgan fingerprint density at radius 1 is 1.11 bits per heavy atom. The van der Waals surface area contributed by atoms with Crippen molar-refractivity contribution in [2.24, 2.45) is 11.8 Å². The molecule has 0 radical (unpaired) electrons. The Hall–Kier alpha value is -1.22. The molecule has 3 atom stereocenters. The Morgan fingerprint density at radius 3 is 2.56 bits per heavy atom. The van der Waals surface area contributed by atoms with E-state index in [0.717, 1.165) is 31.1 Å². The van der Waals surface area contributed by atoms with Crippen LogP contribution in [0.5, 0.6) is 11.5 Å². The maximum Gasteiger partial charge on any atom is 0.161 e. The van der Waals surface area contributed by atoms with Crippen LogP contribution >= 0.6 is 0 Å². The summed E-state index contributed by atoms with van der Waals surface area (Å²) in [4.78, 5) is 0. The first-order chi connectivity index (χ1) is 8.74. The number of hydrogen-bond donors (Lipinski definition) is 0. The maximum atomic E-state index is 5.64. The Kier molecular flexibility index (Phi) is 2.94. The molecule has 3 nitrogen and oxygen atoms in total. The minimum absolute atomic E-state index is 0.543. The van der Waals surface area contributed by atoms with Gasteiger partial charge in [0.15, 0.2) is 11.5 Å². The zero-order valence-corrected chi connectivity index (χ0v) is 11.2. The lowest BCUT2D eigenvalue weighted by Crippen LogP contribution is -2.27. The average molecular weight is 248 g/mol. The van der Waals surface area contributed by atoms with Crippen molar-refractivity contribution in [1.82, 2.24) is 0 Å². The minimum Gasteiger partial charge on any atom is -0.493 e. The van der Waals surface area contributed by atoms with Crippen LogP contribution < -0.4 is 9.47 Å². The molecule has 1 aromatic carbocycles. The lowest BCUT2D eigenvalue weighted by atomic mass is 9.71. The fourth-order valence-electron chi connectivity index (χ4n) is 3.43. The number of methoxy groups -OCH3 is 2. The van der Waals surface area contributed by atoms with Crippen LogP contribution in [0.2, 0.25) is 0 Å². The van der Waals surface area contributed by atoms with Crippen molar-refractivity contribution >= 4 is 0 Å². The van der Waals surface area contributed by atoms with E-state index in [1.807, 2.05) is 0 Å². The largest absolute Gasteiger partial charge is 0.493 e. The van der Waals surface area contributed by atoms with E-state index in [1.54, 1.807) is 14.2 Å². The van der Waals surface area contributed by atoms with E-state index < -0.39 is 0 Å². The average Bonchev–Trinajstić information content (AvgIpc) is 2.86. The second-order valence-electron chi connectivity index (χ2n) is 5.36. The fourth-order valence-corrected chi connectivity index (χ4v) is 3.43.